The molecule has 2 saturated heterocycles. The molecule has 6 nitrogen and oxygen atoms in total. The highest BCUT2D eigenvalue weighted by Gasteiger charge is 2.20. The number of piperidine rings is 1. The Hall–Kier alpha value is -1.39. The molecule has 8 heteroatoms. The highest BCUT2D eigenvalue weighted by atomic mass is 127. The number of hydrogen-bond acceptors (Lipinski definition) is 5. The van der Waals surface area contributed by atoms with Gasteiger partial charge in [0, 0.05) is 44.3 Å². The van der Waals surface area contributed by atoms with Crippen LogP contribution in [-0.4, -0.2) is 60.0 Å². The minimum atomic E-state index is 0. The molecule has 0 radical (unpaired) electrons. The van der Waals surface area contributed by atoms with Gasteiger partial charge in [0.2, 0.25) is 0 Å². The van der Waals surface area contributed by atoms with Crippen LogP contribution in [0.15, 0.2) is 40.8 Å². The first-order valence-electron chi connectivity index (χ1n) is 10.7. The van der Waals surface area contributed by atoms with Crippen LogP contribution < -0.4 is 10.6 Å². The molecule has 0 atom stereocenters. The maximum atomic E-state index is 6.26. The van der Waals surface area contributed by atoms with Gasteiger partial charge in [-0.2, -0.15) is 0 Å². The first-order chi connectivity index (χ1) is 14.2. The standard InChI is InChI=1S/C22H32N6S.HI/c1-18-6-9-26(10-7-18)17-20-4-2-19(3-5-20)16-25-21(23)27-11-13-28(14-12-27)22-24-8-15-29-22;/h2-5,8,15,18H,6-7,9-14,16-17H2,1H3,(H2,23,25);1H. The van der Waals surface area contributed by atoms with E-state index in [2.05, 4.69) is 55.9 Å². The van der Waals surface area contributed by atoms with E-state index in [9.17, 15) is 0 Å². The first-order valence-corrected chi connectivity index (χ1v) is 11.5. The predicted octanol–water partition coefficient (Wildman–Crippen LogP) is 3.63. The maximum absolute atomic E-state index is 6.26. The summed E-state index contributed by atoms with van der Waals surface area (Å²) < 4.78 is 0. The number of likely N-dealkylation sites (tertiary alicyclic amines) is 1. The van der Waals surface area contributed by atoms with Gasteiger partial charge >= 0.3 is 0 Å². The van der Waals surface area contributed by atoms with E-state index in [-0.39, 0.29) is 24.0 Å². The average molecular weight is 541 g/mol. The third-order valence-corrected chi connectivity index (χ3v) is 6.85. The normalized spacial score (nSPS) is 19.0. The SMILES string of the molecule is CC1CCN(Cc2ccc(CN=C(N)N3CCN(c4nccs4)CC3)cc2)CC1.I. The molecule has 0 spiro atoms. The lowest BCUT2D eigenvalue weighted by atomic mass is 9.99. The van der Waals surface area contributed by atoms with Crippen molar-refractivity contribution in [3.63, 3.8) is 0 Å². The van der Waals surface area contributed by atoms with Crippen LogP contribution in [0.25, 0.3) is 0 Å². The van der Waals surface area contributed by atoms with Crippen LogP contribution in [0, 0.1) is 5.92 Å². The molecule has 2 aromatic rings. The van der Waals surface area contributed by atoms with Gasteiger partial charge in [-0.15, -0.1) is 35.3 Å². The Kier molecular flexibility index (Phi) is 8.76. The number of guanidine groups is 1. The highest BCUT2D eigenvalue weighted by molar-refractivity contribution is 14.0. The minimum Gasteiger partial charge on any atom is -0.370 e. The van der Waals surface area contributed by atoms with Crippen molar-refractivity contribution in [1.29, 1.82) is 0 Å². The van der Waals surface area contributed by atoms with Gasteiger partial charge in [-0.1, -0.05) is 31.2 Å². The fourth-order valence-corrected chi connectivity index (χ4v) is 4.70. The number of aliphatic imine (C=N–C) groups is 1. The third-order valence-electron chi connectivity index (χ3n) is 6.02. The molecule has 2 aliphatic heterocycles. The van der Waals surface area contributed by atoms with Gasteiger partial charge < -0.3 is 15.5 Å². The van der Waals surface area contributed by atoms with E-state index >= 15 is 0 Å². The Bertz CT molecular complexity index is 778. The molecule has 2 aliphatic rings. The van der Waals surface area contributed by atoms with Gasteiger partial charge in [0.25, 0.3) is 0 Å². The molecule has 0 aliphatic carbocycles. The number of nitrogens with two attached hydrogens (primary N) is 1. The zero-order chi connectivity index (χ0) is 20.1. The Balaban J connectivity index is 0.00000256. The number of hydrogen-bond donors (Lipinski definition) is 1. The average Bonchev–Trinajstić information content (AvgIpc) is 3.30. The number of piperazine rings is 1. The van der Waals surface area contributed by atoms with Crippen LogP contribution >= 0.6 is 35.3 Å². The van der Waals surface area contributed by atoms with Crippen LogP contribution in [0.3, 0.4) is 0 Å². The van der Waals surface area contributed by atoms with Crippen LogP contribution in [0.4, 0.5) is 5.13 Å². The number of nitrogens with zero attached hydrogens (tertiary/aromatic N) is 5. The van der Waals surface area contributed by atoms with E-state index in [1.165, 1.54) is 37.1 Å². The molecule has 0 saturated carbocycles. The second-order valence-corrected chi connectivity index (χ2v) is 9.11. The van der Waals surface area contributed by atoms with Gasteiger partial charge in [0.05, 0.1) is 6.54 Å². The van der Waals surface area contributed by atoms with Crippen molar-refractivity contribution in [1.82, 2.24) is 14.8 Å². The molecule has 1 aromatic carbocycles. The van der Waals surface area contributed by atoms with Crippen molar-refractivity contribution in [2.24, 2.45) is 16.6 Å². The molecule has 3 heterocycles. The van der Waals surface area contributed by atoms with Crippen molar-refractivity contribution in [3.05, 3.63) is 47.0 Å². The number of rotatable bonds is 5. The Labute approximate surface area is 201 Å². The summed E-state index contributed by atoms with van der Waals surface area (Å²) in [6.45, 7) is 10.2. The summed E-state index contributed by atoms with van der Waals surface area (Å²) in [7, 11) is 0. The lowest BCUT2D eigenvalue weighted by Crippen LogP contribution is -2.51. The number of aromatic nitrogens is 1. The predicted molar refractivity (Wildman–Crippen MR) is 137 cm³/mol. The minimum absolute atomic E-state index is 0. The number of thiazole rings is 1. The van der Waals surface area contributed by atoms with E-state index in [1.807, 2.05) is 11.6 Å². The van der Waals surface area contributed by atoms with Gasteiger partial charge in [-0.25, -0.2) is 9.98 Å². The molecule has 2 fully saturated rings. The van der Waals surface area contributed by atoms with Crippen LogP contribution in [0.5, 0.6) is 0 Å². The fourth-order valence-electron chi connectivity index (χ4n) is 4.00. The van der Waals surface area contributed by atoms with Crippen molar-refractivity contribution < 1.29 is 0 Å². The Morgan fingerprint density at radius 2 is 1.73 bits per heavy atom. The molecule has 0 amide bonds. The van der Waals surface area contributed by atoms with Crippen LogP contribution in [0.2, 0.25) is 0 Å². The van der Waals surface area contributed by atoms with Gasteiger partial charge in [-0.3, -0.25) is 4.90 Å². The number of anilines is 1. The molecule has 0 bridgehead atoms. The first kappa shape index (κ1) is 23.3. The monoisotopic (exact) mass is 540 g/mol. The summed E-state index contributed by atoms with van der Waals surface area (Å²) >= 11 is 1.69. The second kappa shape index (κ2) is 11.3. The Morgan fingerprint density at radius 3 is 2.37 bits per heavy atom. The highest BCUT2D eigenvalue weighted by Crippen LogP contribution is 2.20. The van der Waals surface area contributed by atoms with E-state index in [0.29, 0.717) is 12.5 Å². The second-order valence-electron chi connectivity index (χ2n) is 8.24. The molecular formula is C22H33IN6S. The topological polar surface area (TPSA) is 61.0 Å². The van der Waals surface area contributed by atoms with Gasteiger partial charge in [0.15, 0.2) is 11.1 Å². The lowest BCUT2D eigenvalue weighted by Gasteiger charge is -2.35. The molecule has 0 unspecified atom stereocenters. The largest absolute Gasteiger partial charge is 0.370 e. The van der Waals surface area contributed by atoms with Crippen LogP contribution in [0.1, 0.15) is 30.9 Å². The summed E-state index contributed by atoms with van der Waals surface area (Å²) in [6, 6.07) is 8.87. The molecular weight excluding hydrogens is 507 g/mol. The number of halogens is 1. The molecule has 30 heavy (non-hydrogen) atoms. The summed E-state index contributed by atoms with van der Waals surface area (Å²) in [5.74, 6) is 1.53. The fraction of sp³-hybridized carbons (Fsp3) is 0.545. The van der Waals surface area contributed by atoms with Crippen molar-refractivity contribution in [3.8, 4) is 0 Å². The van der Waals surface area contributed by atoms with Crippen molar-refractivity contribution in [2.45, 2.75) is 32.9 Å². The van der Waals surface area contributed by atoms with Gasteiger partial charge in [0.1, 0.15) is 0 Å². The van der Waals surface area contributed by atoms with Crippen molar-refractivity contribution >= 4 is 46.4 Å². The third kappa shape index (κ3) is 6.31. The summed E-state index contributed by atoms with van der Waals surface area (Å²) in [5, 5.41) is 3.12. The van der Waals surface area contributed by atoms with Crippen LogP contribution in [-0.2, 0) is 13.1 Å². The zero-order valence-corrected chi connectivity index (χ0v) is 20.9. The van der Waals surface area contributed by atoms with E-state index < -0.39 is 0 Å². The van der Waals surface area contributed by atoms with E-state index in [0.717, 1.165) is 43.8 Å². The Morgan fingerprint density at radius 1 is 1.07 bits per heavy atom. The van der Waals surface area contributed by atoms with Crippen molar-refractivity contribution in [2.75, 3.05) is 44.2 Å². The molecule has 1 aromatic heterocycles. The quantitative estimate of drug-likeness (QED) is 0.357. The number of benzene rings is 1. The summed E-state index contributed by atoms with van der Waals surface area (Å²) in [4.78, 5) is 16.1. The summed E-state index contributed by atoms with van der Waals surface area (Å²) in [5.41, 5.74) is 8.86. The lowest BCUT2D eigenvalue weighted by molar-refractivity contribution is 0.185. The van der Waals surface area contributed by atoms with Gasteiger partial charge in [-0.05, 0) is 43.0 Å². The maximum Gasteiger partial charge on any atom is 0.191 e. The summed E-state index contributed by atoms with van der Waals surface area (Å²) in [6.07, 6.45) is 4.51. The smallest absolute Gasteiger partial charge is 0.191 e. The van der Waals surface area contributed by atoms with E-state index in [1.54, 1.807) is 11.3 Å². The molecule has 4 rings (SSSR count). The molecule has 2 N–H and O–H groups in total. The zero-order valence-electron chi connectivity index (χ0n) is 17.7. The molecule has 164 valence electrons. The van der Waals surface area contributed by atoms with E-state index in [4.69, 9.17) is 5.73 Å².